The number of halogens is 4. The second-order valence-electron chi connectivity index (χ2n) is 4.75. The molecule has 0 amide bonds. The summed E-state index contributed by atoms with van der Waals surface area (Å²) in [5.41, 5.74) is -0.491. The molecule has 0 unspecified atom stereocenters. The number of hydrogen-bond acceptors (Lipinski definition) is 3. The van der Waals surface area contributed by atoms with Gasteiger partial charge >= 0.3 is 12.1 Å². The minimum Gasteiger partial charge on any atom is -0.493 e. The number of carbonyl (C=O) groups excluding carboxylic acids is 1. The van der Waals surface area contributed by atoms with Crippen molar-refractivity contribution in [3.8, 4) is 5.75 Å². The number of rotatable bonds is 5. The maximum atomic E-state index is 13.3. The molecule has 0 aliphatic heterocycles. The Bertz CT molecular complexity index is 725. The van der Waals surface area contributed by atoms with E-state index in [1.54, 1.807) is 6.92 Å². The van der Waals surface area contributed by atoms with Gasteiger partial charge < -0.3 is 14.0 Å². The van der Waals surface area contributed by atoms with Gasteiger partial charge in [-0.25, -0.2) is 4.79 Å². The molecule has 0 aliphatic carbocycles. The van der Waals surface area contributed by atoms with Gasteiger partial charge in [-0.2, -0.15) is 13.2 Å². The molecule has 0 radical (unpaired) electrons. The van der Waals surface area contributed by atoms with E-state index in [0.29, 0.717) is 11.0 Å². The van der Waals surface area contributed by atoms with Crippen molar-refractivity contribution in [1.82, 2.24) is 4.57 Å². The fourth-order valence-electron chi connectivity index (χ4n) is 2.28. The zero-order chi connectivity index (χ0) is 17.2. The monoisotopic (exact) mass is 441 g/mol. The van der Waals surface area contributed by atoms with Crippen molar-refractivity contribution in [2.75, 3.05) is 17.6 Å². The summed E-state index contributed by atoms with van der Waals surface area (Å²) < 4.78 is 52.2. The molecular weight excluding hydrogens is 426 g/mol. The lowest BCUT2D eigenvalue weighted by Crippen LogP contribution is -2.09. The first-order chi connectivity index (χ1) is 10.8. The SMILES string of the molecule is CCOC(=O)c1cc2c(C(F)(F)F)cc(OCCI)cc2n1C. The number of hydrogen-bond donors (Lipinski definition) is 0. The van der Waals surface area contributed by atoms with Crippen LogP contribution in [0.3, 0.4) is 0 Å². The van der Waals surface area contributed by atoms with Crippen molar-refractivity contribution < 1.29 is 27.4 Å². The Balaban J connectivity index is 2.65. The van der Waals surface area contributed by atoms with Gasteiger partial charge in [0.1, 0.15) is 11.4 Å². The minimum atomic E-state index is -4.55. The Morgan fingerprint density at radius 3 is 2.57 bits per heavy atom. The predicted molar refractivity (Wildman–Crippen MR) is 88.3 cm³/mol. The van der Waals surface area contributed by atoms with Crippen LogP contribution in [-0.4, -0.2) is 28.2 Å². The Morgan fingerprint density at radius 1 is 1.30 bits per heavy atom. The number of benzene rings is 1. The highest BCUT2D eigenvalue weighted by molar-refractivity contribution is 14.1. The minimum absolute atomic E-state index is 0.0510. The normalized spacial score (nSPS) is 11.7. The van der Waals surface area contributed by atoms with Crippen molar-refractivity contribution in [1.29, 1.82) is 0 Å². The number of aromatic nitrogens is 1. The van der Waals surface area contributed by atoms with E-state index in [4.69, 9.17) is 9.47 Å². The van der Waals surface area contributed by atoms with E-state index >= 15 is 0 Å². The quantitative estimate of drug-likeness (QED) is 0.397. The van der Waals surface area contributed by atoms with E-state index in [9.17, 15) is 18.0 Å². The van der Waals surface area contributed by atoms with Crippen molar-refractivity contribution in [3.05, 3.63) is 29.5 Å². The highest BCUT2D eigenvalue weighted by atomic mass is 127. The van der Waals surface area contributed by atoms with Gasteiger partial charge in [0.25, 0.3) is 0 Å². The summed E-state index contributed by atoms with van der Waals surface area (Å²) in [6, 6.07) is 3.67. The molecule has 2 rings (SSSR count). The average Bonchev–Trinajstić information content (AvgIpc) is 2.81. The molecule has 1 aromatic heterocycles. The zero-order valence-corrected chi connectivity index (χ0v) is 14.7. The van der Waals surface area contributed by atoms with Crippen LogP contribution >= 0.6 is 22.6 Å². The van der Waals surface area contributed by atoms with Gasteiger partial charge in [0, 0.05) is 22.9 Å². The molecule has 126 valence electrons. The second kappa shape index (κ2) is 6.98. The number of esters is 1. The summed E-state index contributed by atoms with van der Waals surface area (Å²) in [6.07, 6.45) is -4.55. The third-order valence-corrected chi connectivity index (χ3v) is 3.71. The third-order valence-electron chi connectivity index (χ3n) is 3.27. The maximum absolute atomic E-state index is 13.3. The van der Waals surface area contributed by atoms with Gasteiger partial charge in [0.2, 0.25) is 0 Å². The Kier molecular flexibility index (Phi) is 5.43. The van der Waals surface area contributed by atoms with Crippen LogP contribution in [0.4, 0.5) is 13.2 Å². The lowest BCUT2D eigenvalue weighted by atomic mass is 10.1. The van der Waals surface area contributed by atoms with E-state index < -0.39 is 17.7 Å². The van der Waals surface area contributed by atoms with E-state index in [2.05, 4.69) is 22.6 Å². The molecule has 0 N–H and O–H groups in total. The van der Waals surface area contributed by atoms with Crippen LogP contribution in [0, 0.1) is 0 Å². The maximum Gasteiger partial charge on any atom is 0.417 e. The van der Waals surface area contributed by atoms with Crippen molar-refractivity contribution in [2.45, 2.75) is 13.1 Å². The number of ether oxygens (including phenoxy) is 2. The topological polar surface area (TPSA) is 40.5 Å². The number of fused-ring (bicyclic) bond motifs is 1. The van der Waals surface area contributed by atoms with Gasteiger partial charge in [-0.05, 0) is 19.1 Å². The molecule has 0 spiro atoms. The fraction of sp³-hybridized carbons (Fsp3) is 0.400. The van der Waals surface area contributed by atoms with Crippen LogP contribution in [0.25, 0.3) is 10.9 Å². The zero-order valence-electron chi connectivity index (χ0n) is 12.5. The van der Waals surface area contributed by atoms with Crippen LogP contribution in [0.1, 0.15) is 23.0 Å². The molecule has 0 fully saturated rings. The predicted octanol–water partition coefficient (Wildman–Crippen LogP) is 4.19. The third kappa shape index (κ3) is 3.73. The molecule has 0 saturated heterocycles. The number of alkyl halides is 4. The summed E-state index contributed by atoms with van der Waals surface area (Å²) in [5, 5.41) is -0.0510. The summed E-state index contributed by atoms with van der Waals surface area (Å²) in [6.45, 7) is 2.09. The van der Waals surface area contributed by atoms with Gasteiger partial charge in [-0.3, -0.25) is 0 Å². The number of nitrogens with zero attached hydrogens (tertiary/aromatic N) is 1. The van der Waals surface area contributed by atoms with Crippen LogP contribution in [-0.2, 0) is 18.0 Å². The molecule has 4 nitrogen and oxygen atoms in total. The highest BCUT2D eigenvalue weighted by Gasteiger charge is 2.34. The lowest BCUT2D eigenvalue weighted by molar-refractivity contribution is -0.136. The summed E-state index contributed by atoms with van der Waals surface area (Å²) in [7, 11) is 1.52. The number of carbonyl (C=O) groups is 1. The molecule has 1 heterocycles. The van der Waals surface area contributed by atoms with E-state index in [1.807, 2.05) is 0 Å². The fourth-order valence-corrected chi connectivity index (χ4v) is 2.50. The van der Waals surface area contributed by atoms with Crippen molar-refractivity contribution in [3.63, 3.8) is 0 Å². The van der Waals surface area contributed by atoms with E-state index in [1.165, 1.54) is 23.7 Å². The molecule has 0 aliphatic rings. The van der Waals surface area contributed by atoms with Crippen LogP contribution in [0.5, 0.6) is 5.75 Å². The van der Waals surface area contributed by atoms with Crippen molar-refractivity contribution >= 4 is 39.5 Å². The average molecular weight is 441 g/mol. The first kappa shape index (κ1) is 17.9. The second-order valence-corrected chi connectivity index (χ2v) is 5.83. The van der Waals surface area contributed by atoms with Crippen molar-refractivity contribution in [2.24, 2.45) is 7.05 Å². The summed E-state index contributed by atoms with van der Waals surface area (Å²) in [4.78, 5) is 11.9. The molecule has 23 heavy (non-hydrogen) atoms. The molecule has 8 heteroatoms. The molecule has 0 atom stereocenters. The summed E-state index contributed by atoms with van der Waals surface area (Å²) in [5.74, 6) is -0.535. The van der Waals surface area contributed by atoms with Crippen LogP contribution in [0.2, 0.25) is 0 Å². The Morgan fingerprint density at radius 2 is 2.00 bits per heavy atom. The smallest absolute Gasteiger partial charge is 0.417 e. The Labute approximate surface area is 144 Å². The lowest BCUT2D eigenvalue weighted by Gasteiger charge is -2.12. The van der Waals surface area contributed by atoms with E-state index in [0.717, 1.165) is 6.07 Å². The summed E-state index contributed by atoms with van der Waals surface area (Å²) >= 11 is 2.07. The largest absolute Gasteiger partial charge is 0.493 e. The number of aryl methyl sites for hydroxylation is 1. The first-order valence-electron chi connectivity index (χ1n) is 6.86. The van der Waals surface area contributed by atoms with Crippen LogP contribution in [0.15, 0.2) is 18.2 Å². The van der Waals surface area contributed by atoms with Gasteiger partial charge in [0.15, 0.2) is 0 Å². The van der Waals surface area contributed by atoms with Gasteiger partial charge in [0.05, 0.1) is 24.3 Å². The first-order valence-corrected chi connectivity index (χ1v) is 8.38. The van der Waals surface area contributed by atoms with Gasteiger partial charge in [-0.1, -0.05) is 22.6 Å². The highest BCUT2D eigenvalue weighted by Crippen LogP contribution is 2.38. The van der Waals surface area contributed by atoms with Gasteiger partial charge in [-0.15, -0.1) is 0 Å². The molecule has 1 aromatic carbocycles. The Hall–Kier alpha value is -1.45. The molecule has 0 saturated carbocycles. The molecule has 2 aromatic rings. The molecule has 0 bridgehead atoms. The standard InChI is InChI=1S/C15H15F3INO3/c1-3-22-14(21)13-8-10-11(15(16,17)18)6-9(23-5-4-19)7-12(10)20(13)2/h6-8H,3-5H2,1-2H3. The van der Waals surface area contributed by atoms with E-state index in [-0.39, 0.29) is 29.0 Å². The molecular formula is C15H15F3INO3. The van der Waals surface area contributed by atoms with Crippen LogP contribution < -0.4 is 4.74 Å².